The van der Waals surface area contributed by atoms with Gasteiger partial charge >= 0.3 is 0 Å². The summed E-state index contributed by atoms with van der Waals surface area (Å²) in [5.74, 6) is -0.350. The quantitative estimate of drug-likeness (QED) is 0.600. The number of hydrogen-bond donors (Lipinski definition) is 2. The molecular weight excluding hydrogens is 409 g/mol. The monoisotopic (exact) mass is 435 g/mol. The van der Waals surface area contributed by atoms with Gasteiger partial charge in [-0.3, -0.25) is 0 Å². The number of aryl methyl sites for hydroxylation is 1. The van der Waals surface area contributed by atoms with Crippen molar-refractivity contribution in [1.29, 1.82) is 0 Å². The second-order valence-corrected chi connectivity index (χ2v) is 8.77. The molecule has 3 N–H and O–H groups in total. The maximum Gasteiger partial charge on any atom is 0.220 e. The maximum atomic E-state index is 14.5. The van der Waals surface area contributed by atoms with E-state index < -0.39 is 5.82 Å². The van der Waals surface area contributed by atoms with E-state index in [0.29, 0.717) is 22.9 Å². The normalized spacial score (nSPS) is 17.0. The first-order chi connectivity index (χ1) is 14.1. The van der Waals surface area contributed by atoms with Crippen molar-refractivity contribution in [2.45, 2.75) is 52.1 Å². The molecule has 0 aliphatic carbocycles. The molecule has 1 aliphatic heterocycles. The van der Waals surface area contributed by atoms with Crippen LogP contribution < -0.4 is 5.73 Å². The molecule has 1 saturated heterocycles. The van der Waals surface area contributed by atoms with Crippen LogP contribution in [-0.2, 0) is 10.2 Å². The summed E-state index contributed by atoms with van der Waals surface area (Å²) in [7, 11) is 0. The Kier molecular flexibility index (Phi) is 6.59. The first-order valence-electron chi connectivity index (χ1n) is 9.81. The smallest absolute Gasteiger partial charge is 0.220 e. The number of aliphatic hydroxyl groups is 1. The number of aromatic nitrogens is 4. The molecule has 162 valence electrons. The van der Waals surface area contributed by atoms with Gasteiger partial charge in [0.05, 0.1) is 41.0 Å². The number of hydrogen-bond acceptors (Lipinski definition) is 6. The molecule has 0 aromatic carbocycles. The van der Waals surface area contributed by atoms with Crippen LogP contribution in [0.1, 0.15) is 45.0 Å². The second-order valence-electron chi connectivity index (χ2n) is 8.36. The van der Waals surface area contributed by atoms with Crippen molar-refractivity contribution < 1.29 is 14.2 Å². The van der Waals surface area contributed by atoms with Gasteiger partial charge in [0.1, 0.15) is 0 Å². The third-order valence-electron chi connectivity index (χ3n) is 4.73. The van der Waals surface area contributed by atoms with Gasteiger partial charge in [-0.15, -0.1) is 0 Å². The summed E-state index contributed by atoms with van der Waals surface area (Å²) in [6.45, 7) is 9.43. The molecule has 30 heavy (non-hydrogen) atoms. The largest absolute Gasteiger partial charge is 0.391 e. The van der Waals surface area contributed by atoms with Crippen LogP contribution in [-0.4, -0.2) is 43.8 Å². The van der Waals surface area contributed by atoms with Crippen LogP contribution in [0.3, 0.4) is 0 Å². The number of fused-ring (bicyclic) bond motifs is 1. The van der Waals surface area contributed by atoms with Crippen molar-refractivity contribution in [3.63, 3.8) is 0 Å². The fourth-order valence-electron chi connectivity index (χ4n) is 3.56. The van der Waals surface area contributed by atoms with E-state index in [-0.39, 0.29) is 23.1 Å². The first-order valence-corrected chi connectivity index (χ1v) is 10.2. The van der Waals surface area contributed by atoms with E-state index in [1.807, 2.05) is 6.92 Å². The third-order valence-corrected chi connectivity index (χ3v) is 5.01. The molecule has 1 unspecified atom stereocenters. The average Bonchev–Trinajstić information content (AvgIpc) is 3.01. The van der Waals surface area contributed by atoms with Crippen molar-refractivity contribution >= 4 is 23.2 Å². The highest BCUT2D eigenvalue weighted by molar-refractivity contribution is 6.32. The summed E-state index contributed by atoms with van der Waals surface area (Å²) in [5.41, 5.74) is 8.37. The van der Waals surface area contributed by atoms with Crippen LogP contribution in [0.4, 0.5) is 10.3 Å². The lowest BCUT2D eigenvalue weighted by molar-refractivity contribution is -0.00535. The summed E-state index contributed by atoms with van der Waals surface area (Å²) in [6, 6.07) is 1.36. The zero-order chi connectivity index (χ0) is 22.1. The lowest BCUT2D eigenvalue weighted by Crippen LogP contribution is -2.21. The lowest BCUT2D eigenvalue weighted by atomic mass is 9.91. The number of nitrogen functional groups attached to an aromatic ring is 1. The van der Waals surface area contributed by atoms with Crippen LogP contribution >= 0.6 is 11.6 Å². The predicted molar refractivity (Wildman–Crippen MR) is 115 cm³/mol. The predicted octanol–water partition coefficient (Wildman–Crippen LogP) is 3.93. The van der Waals surface area contributed by atoms with Crippen molar-refractivity contribution in [2.24, 2.45) is 0 Å². The second kappa shape index (κ2) is 8.83. The van der Waals surface area contributed by atoms with Crippen molar-refractivity contribution in [3.05, 3.63) is 40.7 Å². The molecule has 0 radical (unpaired) electrons. The van der Waals surface area contributed by atoms with Crippen LogP contribution in [0, 0.1) is 12.7 Å². The molecule has 1 atom stereocenters. The highest BCUT2D eigenvalue weighted by Gasteiger charge is 2.24. The number of halogens is 2. The van der Waals surface area contributed by atoms with Crippen LogP contribution in [0.2, 0.25) is 5.02 Å². The van der Waals surface area contributed by atoms with Crippen molar-refractivity contribution in [1.82, 2.24) is 19.4 Å². The Labute approximate surface area is 180 Å². The van der Waals surface area contributed by atoms with Gasteiger partial charge in [0, 0.05) is 23.8 Å². The van der Waals surface area contributed by atoms with Crippen molar-refractivity contribution in [3.8, 4) is 11.3 Å². The van der Waals surface area contributed by atoms with Gasteiger partial charge in [-0.1, -0.05) is 32.4 Å². The number of nitrogens with zero attached hydrogens (tertiary/aromatic N) is 4. The number of imidazole rings is 1. The molecule has 3 aromatic heterocycles. The number of rotatable bonds is 1. The summed E-state index contributed by atoms with van der Waals surface area (Å²) >= 11 is 6.14. The Balaban J connectivity index is 0.000000310. The minimum atomic E-state index is -0.436. The van der Waals surface area contributed by atoms with Gasteiger partial charge in [0.15, 0.2) is 11.5 Å². The Morgan fingerprint density at radius 1 is 1.33 bits per heavy atom. The summed E-state index contributed by atoms with van der Waals surface area (Å²) in [4.78, 5) is 12.3. The lowest BCUT2D eigenvalue weighted by Gasteiger charge is -2.19. The van der Waals surface area contributed by atoms with E-state index in [1.165, 1.54) is 12.3 Å². The highest BCUT2D eigenvalue weighted by atomic mass is 35.5. The van der Waals surface area contributed by atoms with Gasteiger partial charge in [0.2, 0.25) is 5.95 Å². The summed E-state index contributed by atoms with van der Waals surface area (Å²) < 4.78 is 21.2. The molecule has 1 aliphatic rings. The molecule has 3 aromatic rings. The fraction of sp³-hybridized carbons (Fsp3) is 0.476. The Morgan fingerprint density at radius 2 is 2.07 bits per heavy atom. The fourth-order valence-corrected chi connectivity index (χ4v) is 3.76. The summed E-state index contributed by atoms with van der Waals surface area (Å²) in [6.07, 6.45) is 4.94. The van der Waals surface area contributed by atoms with E-state index in [0.717, 1.165) is 30.8 Å². The van der Waals surface area contributed by atoms with Crippen LogP contribution in [0.15, 0.2) is 18.5 Å². The Bertz CT molecular complexity index is 1040. The summed E-state index contributed by atoms with van der Waals surface area (Å²) in [5, 5.41) is 9.10. The first kappa shape index (κ1) is 22.4. The molecular formula is C21H27ClFN5O2. The maximum absolute atomic E-state index is 14.5. The number of ether oxygens (including phenoxy) is 1. The molecule has 1 fully saturated rings. The highest BCUT2D eigenvalue weighted by Crippen LogP contribution is 2.32. The molecule has 7 nitrogen and oxygen atoms in total. The topological polar surface area (TPSA) is 98.6 Å². The number of aliphatic hydroxyl groups excluding tert-OH is 1. The molecule has 4 heterocycles. The minimum absolute atomic E-state index is 0.0859. The van der Waals surface area contributed by atoms with Gasteiger partial charge < -0.3 is 20.0 Å². The zero-order valence-corrected chi connectivity index (χ0v) is 18.4. The minimum Gasteiger partial charge on any atom is -0.391 e. The Hall–Kier alpha value is -2.29. The standard InChI is InChI=1S/C16H17ClFN5.C5H10O2/c1-8-13(16(2,3)4)23-7-9(5-11(18)14(23)21-8)12-10(17)6-20-15(19)22-12;6-5-2-1-3-7-4-5/h5-7H,1-4H3,(H2,19,20,22);5-6H,1-4H2. The van der Waals surface area contributed by atoms with E-state index in [9.17, 15) is 4.39 Å². The zero-order valence-electron chi connectivity index (χ0n) is 17.6. The van der Waals surface area contributed by atoms with Gasteiger partial charge in [0.25, 0.3) is 0 Å². The third kappa shape index (κ3) is 4.88. The van der Waals surface area contributed by atoms with Crippen molar-refractivity contribution in [2.75, 3.05) is 18.9 Å². The number of nitrogens with two attached hydrogens (primary N) is 1. The molecule has 4 rings (SSSR count). The molecule has 0 bridgehead atoms. The van der Waals surface area contributed by atoms with Gasteiger partial charge in [-0.05, 0) is 25.8 Å². The van der Waals surface area contributed by atoms with E-state index >= 15 is 0 Å². The van der Waals surface area contributed by atoms with Crippen LogP contribution in [0.25, 0.3) is 16.9 Å². The molecule has 0 amide bonds. The molecule has 0 spiro atoms. The molecule has 0 saturated carbocycles. The number of pyridine rings is 1. The Morgan fingerprint density at radius 3 is 2.63 bits per heavy atom. The average molecular weight is 436 g/mol. The van der Waals surface area contributed by atoms with E-state index in [4.69, 9.17) is 27.2 Å². The van der Waals surface area contributed by atoms with E-state index in [2.05, 4.69) is 35.7 Å². The van der Waals surface area contributed by atoms with Gasteiger partial charge in [-0.25, -0.2) is 19.3 Å². The molecule has 9 heteroatoms. The number of anilines is 1. The van der Waals surface area contributed by atoms with Crippen LogP contribution in [0.5, 0.6) is 0 Å². The van der Waals surface area contributed by atoms with E-state index in [1.54, 1.807) is 10.6 Å². The SMILES string of the molecule is Cc1nc2c(F)cc(-c3nc(N)ncc3Cl)cn2c1C(C)(C)C.OC1CCCOC1. The van der Waals surface area contributed by atoms with Gasteiger partial charge in [-0.2, -0.15) is 0 Å².